The largest absolute Gasteiger partial charge is 0.481 e. The van der Waals surface area contributed by atoms with Gasteiger partial charge in [0, 0.05) is 19.0 Å². The maximum atomic E-state index is 13.1. The fourth-order valence-electron chi connectivity index (χ4n) is 4.67. The lowest BCUT2D eigenvalue weighted by Crippen LogP contribution is -2.61. The van der Waals surface area contributed by atoms with Crippen LogP contribution in [0.5, 0.6) is 0 Å². The van der Waals surface area contributed by atoms with E-state index in [1.807, 2.05) is 48.5 Å². The van der Waals surface area contributed by atoms with Crippen LogP contribution in [0.3, 0.4) is 0 Å². The van der Waals surface area contributed by atoms with Crippen molar-refractivity contribution in [2.75, 3.05) is 19.7 Å². The summed E-state index contributed by atoms with van der Waals surface area (Å²) in [5.41, 5.74) is 4.38. The highest BCUT2D eigenvalue weighted by Crippen LogP contribution is 2.44. The Balaban J connectivity index is 1.42. The number of hydrogen-bond acceptors (Lipinski definition) is 5. The van der Waals surface area contributed by atoms with Gasteiger partial charge >= 0.3 is 12.1 Å². The van der Waals surface area contributed by atoms with Gasteiger partial charge in [0.2, 0.25) is 11.8 Å². The van der Waals surface area contributed by atoms with Gasteiger partial charge in [0.15, 0.2) is 0 Å². The van der Waals surface area contributed by atoms with Crippen LogP contribution in [0.1, 0.15) is 36.8 Å². The number of nitrogens with one attached hydrogen (secondary N) is 2. The predicted octanol–water partition coefficient (Wildman–Crippen LogP) is 2.11. The van der Waals surface area contributed by atoms with Crippen molar-refractivity contribution in [3.63, 3.8) is 0 Å². The van der Waals surface area contributed by atoms with Crippen LogP contribution in [0.25, 0.3) is 11.1 Å². The summed E-state index contributed by atoms with van der Waals surface area (Å²) < 4.78 is 5.53. The molecule has 1 aliphatic carbocycles. The zero-order valence-corrected chi connectivity index (χ0v) is 18.8. The number of fused-ring (bicyclic) bond motifs is 3. The molecule has 2 aliphatic rings. The number of alkyl carbamates (subject to hydrolysis) is 1. The summed E-state index contributed by atoms with van der Waals surface area (Å²) in [7, 11) is 0. The molecule has 1 aliphatic heterocycles. The van der Waals surface area contributed by atoms with E-state index in [-0.39, 0.29) is 32.0 Å². The quantitative estimate of drug-likeness (QED) is 0.575. The van der Waals surface area contributed by atoms with Crippen molar-refractivity contribution in [3.05, 3.63) is 59.7 Å². The highest BCUT2D eigenvalue weighted by molar-refractivity contribution is 5.94. The summed E-state index contributed by atoms with van der Waals surface area (Å²) >= 11 is 0. The van der Waals surface area contributed by atoms with Gasteiger partial charge in [-0.1, -0.05) is 55.5 Å². The molecule has 34 heavy (non-hydrogen) atoms. The number of carbonyl (C=O) groups excluding carboxylic acids is 3. The average Bonchev–Trinajstić information content (AvgIpc) is 3.15. The summed E-state index contributed by atoms with van der Waals surface area (Å²) in [6, 6.07) is 13.9. The van der Waals surface area contributed by atoms with E-state index in [1.54, 1.807) is 6.92 Å². The van der Waals surface area contributed by atoms with Crippen LogP contribution in [-0.4, -0.2) is 65.7 Å². The van der Waals surface area contributed by atoms with Crippen molar-refractivity contribution in [3.8, 4) is 11.1 Å². The molecular weight excluding hydrogens is 438 g/mol. The SMILES string of the molecule is CC[C@H](NC(=O)OCC1c2ccccc2-c2ccccc21)C(=O)N1CCNC(=O)C1CC(=O)O. The number of piperazine rings is 1. The molecular formula is C25H27N3O6. The molecule has 2 aromatic rings. The van der Waals surface area contributed by atoms with Gasteiger partial charge in [0.05, 0.1) is 6.42 Å². The molecule has 0 radical (unpaired) electrons. The first-order valence-electron chi connectivity index (χ1n) is 11.3. The van der Waals surface area contributed by atoms with Gasteiger partial charge in [-0.2, -0.15) is 0 Å². The average molecular weight is 466 g/mol. The second kappa shape index (κ2) is 9.94. The molecule has 2 atom stereocenters. The molecule has 178 valence electrons. The molecule has 2 aromatic carbocycles. The molecule has 1 heterocycles. The smallest absolute Gasteiger partial charge is 0.407 e. The summed E-state index contributed by atoms with van der Waals surface area (Å²) in [6.07, 6.45) is -0.974. The Morgan fingerprint density at radius 2 is 1.74 bits per heavy atom. The number of amides is 3. The van der Waals surface area contributed by atoms with E-state index in [0.29, 0.717) is 0 Å². The van der Waals surface area contributed by atoms with Crippen LogP contribution in [0.2, 0.25) is 0 Å². The molecule has 9 nitrogen and oxygen atoms in total. The standard InChI is InChI=1S/C25H27N3O6/c1-2-20(24(32)28-12-11-26-23(31)21(28)13-22(29)30)27-25(33)34-14-19-17-9-5-3-7-15(17)16-8-4-6-10-18(16)19/h3-10,19-21H,2,11-14H2,1H3,(H,26,31)(H,27,33)(H,29,30)/t20-,21?/m0/s1. The maximum absolute atomic E-state index is 13.1. The highest BCUT2D eigenvalue weighted by atomic mass is 16.5. The van der Waals surface area contributed by atoms with Gasteiger partial charge in [0.25, 0.3) is 0 Å². The third kappa shape index (κ3) is 4.59. The second-order valence-corrected chi connectivity index (χ2v) is 8.37. The Bertz CT molecular complexity index is 1070. The third-order valence-corrected chi connectivity index (χ3v) is 6.32. The Labute approximate surface area is 197 Å². The van der Waals surface area contributed by atoms with Crippen molar-refractivity contribution in [2.45, 2.75) is 37.8 Å². The normalized spacial score (nSPS) is 17.9. The molecule has 1 saturated heterocycles. The van der Waals surface area contributed by atoms with Gasteiger partial charge in [-0.25, -0.2) is 4.79 Å². The summed E-state index contributed by atoms with van der Waals surface area (Å²) in [5, 5.41) is 14.3. The van der Waals surface area contributed by atoms with Crippen LogP contribution < -0.4 is 10.6 Å². The minimum Gasteiger partial charge on any atom is -0.481 e. The third-order valence-electron chi connectivity index (χ3n) is 6.32. The number of hydrogen-bond donors (Lipinski definition) is 3. The van der Waals surface area contributed by atoms with E-state index < -0.39 is 42.4 Å². The Morgan fingerprint density at radius 1 is 1.12 bits per heavy atom. The number of carbonyl (C=O) groups is 4. The molecule has 1 fully saturated rings. The van der Waals surface area contributed by atoms with Crippen LogP contribution in [0.15, 0.2) is 48.5 Å². The first kappa shape index (κ1) is 23.3. The zero-order valence-electron chi connectivity index (χ0n) is 18.8. The molecule has 0 spiro atoms. The van der Waals surface area contributed by atoms with Crippen molar-refractivity contribution < 1.29 is 29.0 Å². The van der Waals surface area contributed by atoms with Gasteiger partial charge in [-0.3, -0.25) is 14.4 Å². The molecule has 9 heteroatoms. The molecule has 0 aromatic heterocycles. The molecule has 0 bridgehead atoms. The lowest BCUT2D eigenvalue weighted by molar-refractivity contribution is -0.149. The fourth-order valence-corrected chi connectivity index (χ4v) is 4.67. The zero-order chi connectivity index (χ0) is 24.2. The maximum Gasteiger partial charge on any atom is 0.407 e. The number of aliphatic carboxylic acids is 1. The fraction of sp³-hybridized carbons (Fsp3) is 0.360. The lowest BCUT2D eigenvalue weighted by Gasteiger charge is -2.36. The van der Waals surface area contributed by atoms with E-state index in [0.717, 1.165) is 22.3 Å². The number of carboxylic acid groups (broad SMARTS) is 1. The van der Waals surface area contributed by atoms with E-state index in [1.165, 1.54) is 4.90 Å². The molecule has 0 saturated carbocycles. The minimum atomic E-state index is -1.18. The number of rotatable bonds is 7. The van der Waals surface area contributed by atoms with Gasteiger partial charge in [-0.05, 0) is 28.7 Å². The predicted molar refractivity (Wildman–Crippen MR) is 123 cm³/mol. The highest BCUT2D eigenvalue weighted by Gasteiger charge is 2.38. The topological polar surface area (TPSA) is 125 Å². The van der Waals surface area contributed by atoms with Crippen LogP contribution in [-0.2, 0) is 19.1 Å². The molecule has 3 N–H and O–H groups in total. The molecule has 4 rings (SSSR count). The van der Waals surface area contributed by atoms with Gasteiger partial charge in [0.1, 0.15) is 18.7 Å². The van der Waals surface area contributed by atoms with Crippen LogP contribution in [0.4, 0.5) is 4.79 Å². The van der Waals surface area contributed by atoms with Crippen LogP contribution in [0, 0.1) is 0 Å². The summed E-state index contributed by atoms with van der Waals surface area (Å²) in [5.74, 6) is -2.31. The molecule has 3 amide bonds. The Morgan fingerprint density at radius 3 is 2.32 bits per heavy atom. The second-order valence-electron chi connectivity index (χ2n) is 8.37. The summed E-state index contributed by atoms with van der Waals surface area (Å²) in [6.45, 7) is 2.23. The van der Waals surface area contributed by atoms with E-state index in [9.17, 15) is 19.2 Å². The number of benzene rings is 2. The van der Waals surface area contributed by atoms with E-state index in [4.69, 9.17) is 9.84 Å². The van der Waals surface area contributed by atoms with Crippen molar-refractivity contribution in [2.24, 2.45) is 0 Å². The Kier molecular flexibility index (Phi) is 6.81. The van der Waals surface area contributed by atoms with Crippen molar-refractivity contribution >= 4 is 23.9 Å². The monoisotopic (exact) mass is 465 g/mol. The van der Waals surface area contributed by atoms with Crippen molar-refractivity contribution in [1.82, 2.24) is 15.5 Å². The number of carboxylic acids is 1. The Hall–Kier alpha value is -3.88. The van der Waals surface area contributed by atoms with E-state index in [2.05, 4.69) is 10.6 Å². The molecule has 1 unspecified atom stereocenters. The van der Waals surface area contributed by atoms with Crippen LogP contribution >= 0.6 is 0 Å². The van der Waals surface area contributed by atoms with Gasteiger partial charge < -0.3 is 25.4 Å². The van der Waals surface area contributed by atoms with Crippen molar-refractivity contribution in [1.29, 1.82) is 0 Å². The number of nitrogens with zero attached hydrogens (tertiary/aromatic N) is 1. The first-order valence-corrected chi connectivity index (χ1v) is 11.3. The minimum absolute atomic E-state index is 0.109. The van der Waals surface area contributed by atoms with E-state index >= 15 is 0 Å². The summed E-state index contributed by atoms with van der Waals surface area (Å²) in [4.78, 5) is 50.3. The van der Waals surface area contributed by atoms with Gasteiger partial charge in [-0.15, -0.1) is 0 Å². The lowest BCUT2D eigenvalue weighted by atomic mass is 9.98. The first-order chi connectivity index (χ1) is 16.4. The number of ether oxygens (including phenoxy) is 1.